The molecular formula is C25H22N4O3. The molecule has 7 heteroatoms. The number of benzene rings is 2. The number of ether oxygens (including phenoxy) is 1. The molecule has 2 aromatic carbocycles. The average molecular weight is 426 g/mol. The summed E-state index contributed by atoms with van der Waals surface area (Å²) < 4.78 is 6.73. The molecule has 160 valence electrons. The number of aryl methyl sites for hydroxylation is 1. The third-order valence-electron chi connectivity index (χ3n) is 5.11. The van der Waals surface area contributed by atoms with Gasteiger partial charge >= 0.3 is 0 Å². The van der Waals surface area contributed by atoms with Gasteiger partial charge in [0.25, 0.3) is 5.56 Å². The molecule has 0 aliphatic rings. The maximum absolute atomic E-state index is 13.1. The van der Waals surface area contributed by atoms with Crippen molar-refractivity contribution in [2.24, 2.45) is 0 Å². The largest absolute Gasteiger partial charge is 0.497 e. The van der Waals surface area contributed by atoms with Gasteiger partial charge in [-0.15, -0.1) is 0 Å². The highest BCUT2D eigenvalue weighted by Gasteiger charge is 2.14. The average Bonchev–Trinajstić information content (AvgIpc) is 2.81. The minimum atomic E-state index is -0.265. The van der Waals surface area contributed by atoms with Crippen molar-refractivity contribution >= 4 is 16.9 Å². The Morgan fingerprint density at radius 2 is 1.91 bits per heavy atom. The van der Waals surface area contributed by atoms with E-state index < -0.39 is 0 Å². The summed E-state index contributed by atoms with van der Waals surface area (Å²) >= 11 is 0. The van der Waals surface area contributed by atoms with E-state index in [0.717, 1.165) is 16.9 Å². The number of fused-ring (bicyclic) bond motifs is 1. The van der Waals surface area contributed by atoms with Gasteiger partial charge in [0.05, 0.1) is 19.0 Å². The molecule has 0 aliphatic carbocycles. The zero-order valence-electron chi connectivity index (χ0n) is 17.9. The zero-order valence-corrected chi connectivity index (χ0v) is 17.9. The molecule has 4 aromatic rings. The Hall–Kier alpha value is -4.13. The number of methoxy groups -OCH3 is 1. The van der Waals surface area contributed by atoms with E-state index in [2.05, 4.69) is 21.5 Å². The Kier molecular flexibility index (Phi) is 5.89. The van der Waals surface area contributed by atoms with Crippen LogP contribution in [0.15, 0.2) is 72.2 Å². The van der Waals surface area contributed by atoms with Gasteiger partial charge in [-0.2, -0.15) is 0 Å². The van der Waals surface area contributed by atoms with E-state index in [9.17, 15) is 9.59 Å². The van der Waals surface area contributed by atoms with Gasteiger partial charge in [-0.1, -0.05) is 30.8 Å². The van der Waals surface area contributed by atoms with E-state index in [-0.39, 0.29) is 17.8 Å². The lowest BCUT2D eigenvalue weighted by Crippen LogP contribution is -2.24. The Balaban J connectivity index is 1.80. The molecule has 0 saturated heterocycles. The minimum Gasteiger partial charge on any atom is -0.497 e. The van der Waals surface area contributed by atoms with Crippen LogP contribution in [0.2, 0.25) is 0 Å². The van der Waals surface area contributed by atoms with Gasteiger partial charge in [0.15, 0.2) is 11.4 Å². The third kappa shape index (κ3) is 4.32. The summed E-state index contributed by atoms with van der Waals surface area (Å²) in [4.78, 5) is 38.3. The fraction of sp³-hybridized carbons (Fsp3) is 0.160. The molecule has 0 N–H and O–H groups in total. The summed E-state index contributed by atoms with van der Waals surface area (Å²) in [6.07, 6.45) is 3.64. The summed E-state index contributed by atoms with van der Waals surface area (Å²) in [6, 6.07) is 14.9. The first-order chi connectivity index (χ1) is 15.5. The van der Waals surface area contributed by atoms with Gasteiger partial charge in [0, 0.05) is 12.8 Å². The molecule has 0 radical (unpaired) electrons. The van der Waals surface area contributed by atoms with E-state index in [4.69, 9.17) is 4.74 Å². The quantitative estimate of drug-likeness (QED) is 0.421. The second-order valence-corrected chi connectivity index (χ2v) is 7.37. The Labute approximate surface area is 185 Å². The fourth-order valence-corrected chi connectivity index (χ4v) is 3.46. The van der Waals surface area contributed by atoms with Crippen LogP contribution in [-0.4, -0.2) is 32.4 Å². The molecular weight excluding hydrogens is 404 g/mol. The van der Waals surface area contributed by atoms with Crippen LogP contribution in [0.25, 0.3) is 16.9 Å². The molecule has 0 amide bonds. The summed E-state index contributed by atoms with van der Waals surface area (Å²) in [5, 5.41) is 0. The van der Waals surface area contributed by atoms with E-state index in [1.807, 2.05) is 48.5 Å². The molecule has 0 spiro atoms. The Morgan fingerprint density at radius 3 is 2.62 bits per heavy atom. The van der Waals surface area contributed by atoms with Crippen molar-refractivity contribution in [2.45, 2.75) is 19.8 Å². The number of carbonyl (C=O) groups excluding carboxylic acids is 1. The van der Waals surface area contributed by atoms with Crippen molar-refractivity contribution in [1.29, 1.82) is 0 Å². The summed E-state index contributed by atoms with van der Waals surface area (Å²) in [5.74, 6) is 1.25. The lowest BCUT2D eigenvalue weighted by atomic mass is 10.1. The van der Waals surface area contributed by atoms with Crippen molar-refractivity contribution < 1.29 is 9.53 Å². The third-order valence-corrected chi connectivity index (χ3v) is 5.11. The van der Waals surface area contributed by atoms with Gasteiger partial charge in [-0.05, 0) is 48.4 Å². The first-order valence-corrected chi connectivity index (χ1v) is 10.1. The lowest BCUT2D eigenvalue weighted by Gasteiger charge is -2.12. The first kappa shape index (κ1) is 21.1. The molecule has 0 unspecified atom stereocenters. The smallest absolute Gasteiger partial charge is 0.278 e. The maximum Gasteiger partial charge on any atom is 0.278 e. The van der Waals surface area contributed by atoms with E-state index in [0.29, 0.717) is 34.8 Å². The minimum absolute atomic E-state index is 0.0885. The molecule has 32 heavy (non-hydrogen) atoms. The van der Waals surface area contributed by atoms with E-state index in [1.165, 1.54) is 10.6 Å². The molecule has 0 aliphatic heterocycles. The number of allylic oxidation sites excluding steroid dienone is 1. The van der Waals surface area contributed by atoms with Crippen molar-refractivity contribution in [3.8, 4) is 11.4 Å². The number of hydrogen-bond acceptors (Lipinski definition) is 6. The highest BCUT2D eigenvalue weighted by atomic mass is 16.5. The standard InChI is InChI=1S/C25H22N4O3/c1-4-20(30)13-18-6-5-7-19(12-18)29-24-22(27-16(2)25(29)31)15-26-23(28-24)14-17-8-10-21(32-3)11-9-17/h4-12,15H,1,13-14H2,2-3H3. The predicted octanol–water partition coefficient (Wildman–Crippen LogP) is 3.38. The number of rotatable bonds is 7. The lowest BCUT2D eigenvalue weighted by molar-refractivity contribution is -0.114. The van der Waals surface area contributed by atoms with Crippen molar-refractivity contribution in [1.82, 2.24) is 19.5 Å². The van der Waals surface area contributed by atoms with Crippen LogP contribution in [0, 0.1) is 6.92 Å². The second-order valence-electron chi connectivity index (χ2n) is 7.37. The monoisotopic (exact) mass is 426 g/mol. The van der Waals surface area contributed by atoms with Crippen LogP contribution >= 0.6 is 0 Å². The van der Waals surface area contributed by atoms with Gasteiger partial charge < -0.3 is 4.74 Å². The summed E-state index contributed by atoms with van der Waals surface area (Å²) in [7, 11) is 1.62. The van der Waals surface area contributed by atoms with Gasteiger partial charge in [0.1, 0.15) is 22.8 Å². The van der Waals surface area contributed by atoms with Gasteiger partial charge in [-0.3, -0.25) is 14.2 Å². The number of hydrogen-bond donors (Lipinski definition) is 0. The summed E-state index contributed by atoms with van der Waals surface area (Å²) in [5.41, 5.74) is 3.45. The maximum atomic E-state index is 13.1. The molecule has 0 atom stereocenters. The first-order valence-electron chi connectivity index (χ1n) is 10.1. The molecule has 7 nitrogen and oxygen atoms in total. The Morgan fingerprint density at radius 1 is 1.12 bits per heavy atom. The molecule has 4 rings (SSSR count). The predicted molar refractivity (Wildman–Crippen MR) is 122 cm³/mol. The van der Waals surface area contributed by atoms with Crippen molar-refractivity contribution in [3.05, 3.63) is 100 Å². The molecule has 0 fully saturated rings. The van der Waals surface area contributed by atoms with Crippen LogP contribution in [0.4, 0.5) is 0 Å². The molecule has 0 bridgehead atoms. The van der Waals surface area contributed by atoms with Crippen molar-refractivity contribution in [2.75, 3.05) is 7.11 Å². The highest BCUT2D eigenvalue weighted by molar-refractivity contribution is 5.90. The van der Waals surface area contributed by atoms with Gasteiger partial charge in [0.2, 0.25) is 0 Å². The van der Waals surface area contributed by atoms with Crippen LogP contribution in [0.1, 0.15) is 22.6 Å². The van der Waals surface area contributed by atoms with Crippen LogP contribution in [0.3, 0.4) is 0 Å². The highest BCUT2D eigenvalue weighted by Crippen LogP contribution is 2.18. The van der Waals surface area contributed by atoms with E-state index >= 15 is 0 Å². The number of ketones is 1. The topological polar surface area (TPSA) is 87.0 Å². The number of aromatic nitrogens is 4. The number of carbonyl (C=O) groups is 1. The molecule has 0 saturated carbocycles. The number of nitrogens with zero attached hydrogens (tertiary/aromatic N) is 4. The van der Waals surface area contributed by atoms with Crippen molar-refractivity contribution in [3.63, 3.8) is 0 Å². The van der Waals surface area contributed by atoms with Crippen LogP contribution < -0.4 is 10.3 Å². The SMILES string of the molecule is C=CC(=O)Cc1cccc(-n2c(=O)c(C)nc3cnc(Cc4ccc(OC)cc4)nc32)c1. The van der Waals surface area contributed by atoms with E-state index in [1.54, 1.807) is 20.2 Å². The van der Waals surface area contributed by atoms with Gasteiger partial charge in [-0.25, -0.2) is 15.0 Å². The van der Waals surface area contributed by atoms with Crippen LogP contribution in [-0.2, 0) is 17.6 Å². The zero-order chi connectivity index (χ0) is 22.7. The van der Waals surface area contributed by atoms with Crippen LogP contribution in [0.5, 0.6) is 5.75 Å². The second kappa shape index (κ2) is 8.93. The normalized spacial score (nSPS) is 10.8. The Bertz CT molecular complexity index is 1370. The molecule has 2 heterocycles. The molecule has 2 aromatic heterocycles. The fourth-order valence-electron chi connectivity index (χ4n) is 3.46. The summed E-state index contributed by atoms with van der Waals surface area (Å²) in [6.45, 7) is 5.18.